The highest BCUT2D eigenvalue weighted by molar-refractivity contribution is 9.10. The maximum Gasteiger partial charge on any atom is 0.137 e. The van der Waals surface area contributed by atoms with E-state index in [2.05, 4.69) is 21.2 Å². The van der Waals surface area contributed by atoms with Crippen LogP contribution in [0.1, 0.15) is 18.1 Å². The molecule has 3 nitrogen and oxygen atoms in total. The Balaban J connectivity index is 2.07. The van der Waals surface area contributed by atoms with Gasteiger partial charge >= 0.3 is 0 Å². The minimum absolute atomic E-state index is 0.0856. The zero-order valence-corrected chi connectivity index (χ0v) is 13.3. The van der Waals surface area contributed by atoms with Gasteiger partial charge in [-0.25, -0.2) is 4.39 Å². The Kier molecular flexibility index (Phi) is 5.59. The zero-order chi connectivity index (χ0) is 15.2. The molecule has 0 amide bonds. The molecule has 0 radical (unpaired) electrons. The number of anilines is 1. The molecule has 0 unspecified atom stereocenters. The lowest BCUT2D eigenvalue weighted by atomic mass is 10.1. The number of ether oxygens (including phenoxy) is 1. The lowest BCUT2D eigenvalue weighted by molar-refractivity contribution is 0.267. The van der Waals surface area contributed by atoms with Gasteiger partial charge in [-0.3, -0.25) is 0 Å². The van der Waals surface area contributed by atoms with Crippen LogP contribution >= 0.6 is 15.9 Å². The lowest BCUT2D eigenvalue weighted by Gasteiger charge is -2.12. The van der Waals surface area contributed by atoms with Gasteiger partial charge in [-0.05, 0) is 58.7 Å². The third kappa shape index (κ3) is 4.19. The van der Waals surface area contributed by atoms with Crippen LogP contribution in [0.4, 0.5) is 10.1 Å². The topological polar surface area (TPSA) is 41.5 Å². The van der Waals surface area contributed by atoms with Crippen LogP contribution < -0.4 is 10.1 Å². The van der Waals surface area contributed by atoms with Crippen molar-refractivity contribution < 1.29 is 14.2 Å². The number of aliphatic hydroxyl groups is 1. The zero-order valence-electron chi connectivity index (χ0n) is 11.7. The quantitative estimate of drug-likeness (QED) is 0.821. The summed E-state index contributed by atoms with van der Waals surface area (Å²) in [6.07, 6.45) is 0. The molecule has 2 rings (SSSR count). The number of hydrogen-bond acceptors (Lipinski definition) is 3. The summed E-state index contributed by atoms with van der Waals surface area (Å²) < 4.78 is 19.3. The van der Waals surface area contributed by atoms with Crippen molar-refractivity contribution in [2.45, 2.75) is 20.1 Å². The first-order valence-corrected chi connectivity index (χ1v) is 7.47. The Morgan fingerprint density at radius 2 is 2.05 bits per heavy atom. The Bertz CT molecular complexity index is 619. The molecule has 0 bridgehead atoms. The molecular weight excluding hydrogens is 337 g/mol. The third-order valence-corrected chi connectivity index (χ3v) is 3.65. The van der Waals surface area contributed by atoms with Crippen LogP contribution in [0.5, 0.6) is 5.75 Å². The molecule has 2 aromatic rings. The molecule has 0 aliphatic rings. The van der Waals surface area contributed by atoms with E-state index < -0.39 is 0 Å². The van der Waals surface area contributed by atoms with Crippen molar-refractivity contribution in [3.63, 3.8) is 0 Å². The first-order valence-electron chi connectivity index (χ1n) is 6.68. The Morgan fingerprint density at radius 1 is 1.24 bits per heavy atom. The van der Waals surface area contributed by atoms with Crippen molar-refractivity contribution in [3.8, 4) is 5.75 Å². The van der Waals surface area contributed by atoms with Crippen LogP contribution in [-0.4, -0.2) is 11.7 Å². The van der Waals surface area contributed by atoms with Crippen molar-refractivity contribution in [1.82, 2.24) is 0 Å². The minimum Gasteiger partial charge on any atom is -0.494 e. The number of nitrogens with one attached hydrogen (secondary N) is 1. The standard InChI is InChI=1S/C16H17BrFNO2/c1-2-21-16-6-4-13(8-12(16)10-20)19-9-11-3-5-14(17)15(18)7-11/h3-8,19-20H,2,9-10H2,1H3. The van der Waals surface area contributed by atoms with Gasteiger partial charge in [0.25, 0.3) is 0 Å². The summed E-state index contributed by atoms with van der Waals surface area (Å²) in [5.74, 6) is 0.400. The van der Waals surface area contributed by atoms with Gasteiger partial charge in [-0.2, -0.15) is 0 Å². The van der Waals surface area contributed by atoms with Gasteiger partial charge in [0, 0.05) is 17.8 Å². The molecule has 0 saturated carbocycles. The average molecular weight is 354 g/mol. The summed E-state index contributed by atoms with van der Waals surface area (Å²) >= 11 is 3.13. The maximum atomic E-state index is 13.4. The van der Waals surface area contributed by atoms with Gasteiger partial charge in [0.15, 0.2) is 0 Å². The monoisotopic (exact) mass is 353 g/mol. The van der Waals surface area contributed by atoms with E-state index in [0.717, 1.165) is 16.8 Å². The van der Waals surface area contributed by atoms with E-state index in [1.165, 1.54) is 6.07 Å². The first kappa shape index (κ1) is 15.8. The van der Waals surface area contributed by atoms with Crippen LogP contribution in [0.15, 0.2) is 40.9 Å². The van der Waals surface area contributed by atoms with Gasteiger partial charge in [0.05, 0.1) is 17.7 Å². The van der Waals surface area contributed by atoms with Crippen molar-refractivity contribution >= 4 is 21.6 Å². The Morgan fingerprint density at radius 3 is 2.71 bits per heavy atom. The summed E-state index contributed by atoms with van der Waals surface area (Å²) in [7, 11) is 0. The molecule has 0 saturated heterocycles. The van der Waals surface area contributed by atoms with Crippen LogP contribution in [0, 0.1) is 5.82 Å². The van der Waals surface area contributed by atoms with Crippen LogP contribution in [0.2, 0.25) is 0 Å². The smallest absolute Gasteiger partial charge is 0.137 e. The number of benzene rings is 2. The number of hydrogen-bond donors (Lipinski definition) is 2. The maximum absolute atomic E-state index is 13.4. The fourth-order valence-corrected chi connectivity index (χ4v) is 2.21. The van der Waals surface area contributed by atoms with Gasteiger partial charge < -0.3 is 15.2 Å². The molecular formula is C16H17BrFNO2. The molecule has 0 aliphatic carbocycles. The summed E-state index contributed by atoms with van der Waals surface area (Å²) in [6.45, 7) is 2.87. The fourth-order valence-electron chi connectivity index (χ4n) is 1.96. The van der Waals surface area contributed by atoms with E-state index in [-0.39, 0.29) is 12.4 Å². The summed E-state index contributed by atoms with van der Waals surface area (Å²) in [6, 6.07) is 10.5. The molecule has 112 valence electrons. The summed E-state index contributed by atoms with van der Waals surface area (Å²) in [4.78, 5) is 0. The summed E-state index contributed by atoms with van der Waals surface area (Å²) in [5, 5.41) is 12.6. The van der Waals surface area contributed by atoms with Gasteiger partial charge in [-0.1, -0.05) is 6.07 Å². The largest absolute Gasteiger partial charge is 0.494 e. The third-order valence-electron chi connectivity index (χ3n) is 3.01. The highest BCUT2D eigenvalue weighted by Gasteiger charge is 2.05. The first-order chi connectivity index (χ1) is 10.1. The van der Waals surface area contributed by atoms with Gasteiger partial charge in [0.2, 0.25) is 0 Å². The molecule has 5 heteroatoms. The van der Waals surface area contributed by atoms with Gasteiger partial charge in [0.1, 0.15) is 11.6 Å². The molecule has 0 spiro atoms. The van der Waals surface area contributed by atoms with Crippen molar-refractivity contribution in [2.75, 3.05) is 11.9 Å². The predicted octanol–water partition coefficient (Wildman–Crippen LogP) is 4.09. The minimum atomic E-state index is -0.281. The number of aliphatic hydroxyl groups excluding tert-OH is 1. The van der Waals surface area contributed by atoms with E-state index in [4.69, 9.17) is 4.74 Å². The normalized spacial score (nSPS) is 10.5. The predicted molar refractivity (Wildman–Crippen MR) is 85.0 cm³/mol. The lowest BCUT2D eigenvalue weighted by Crippen LogP contribution is -2.02. The second kappa shape index (κ2) is 7.43. The SMILES string of the molecule is CCOc1ccc(NCc2ccc(Br)c(F)c2)cc1CO. The highest BCUT2D eigenvalue weighted by atomic mass is 79.9. The molecule has 2 N–H and O–H groups in total. The summed E-state index contributed by atoms with van der Waals surface area (Å²) in [5.41, 5.74) is 2.42. The number of rotatable bonds is 6. The average Bonchev–Trinajstić information content (AvgIpc) is 2.49. The van der Waals surface area contributed by atoms with Crippen LogP contribution in [0.25, 0.3) is 0 Å². The highest BCUT2D eigenvalue weighted by Crippen LogP contribution is 2.24. The second-order valence-electron chi connectivity index (χ2n) is 4.52. The van der Waals surface area contributed by atoms with E-state index in [9.17, 15) is 9.50 Å². The molecule has 2 aromatic carbocycles. The van der Waals surface area contributed by atoms with E-state index in [1.54, 1.807) is 6.07 Å². The van der Waals surface area contributed by atoms with Gasteiger partial charge in [-0.15, -0.1) is 0 Å². The molecule has 0 aromatic heterocycles. The second-order valence-corrected chi connectivity index (χ2v) is 5.37. The van der Waals surface area contributed by atoms with Crippen molar-refractivity contribution in [1.29, 1.82) is 0 Å². The molecule has 21 heavy (non-hydrogen) atoms. The number of halogens is 2. The fraction of sp³-hybridized carbons (Fsp3) is 0.250. The van der Waals surface area contributed by atoms with Crippen molar-refractivity contribution in [2.24, 2.45) is 0 Å². The molecule has 0 fully saturated rings. The van der Waals surface area contributed by atoms with Crippen LogP contribution in [0.3, 0.4) is 0 Å². The Labute approximate surface area is 131 Å². The molecule has 0 atom stereocenters. The van der Waals surface area contributed by atoms with E-state index in [0.29, 0.717) is 23.4 Å². The van der Waals surface area contributed by atoms with Crippen LogP contribution in [-0.2, 0) is 13.2 Å². The van der Waals surface area contributed by atoms with Crippen molar-refractivity contribution in [3.05, 3.63) is 57.8 Å². The molecule has 0 heterocycles. The van der Waals surface area contributed by atoms with E-state index >= 15 is 0 Å². The molecule has 0 aliphatic heterocycles. The van der Waals surface area contributed by atoms with E-state index in [1.807, 2.05) is 31.2 Å². The Hall–Kier alpha value is -1.59.